The first-order valence-electron chi connectivity index (χ1n) is 7.21. The summed E-state index contributed by atoms with van der Waals surface area (Å²) in [5.41, 5.74) is 1.08. The van der Waals surface area contributed by atoms with Crippen LogP contribution < -0.4 is 4.74 Å². The van der Waals surface area contributed by atoms with Gasteiger partial charge in [-0.2, -0.15) is 4.98 Å². The molecule has 1 aromatic heterocycles. The molecule has 1 heterocycles. The Morgan fingerprint density at radius 1 is 1.33 bits per heavy atom. The molecule has 1 aliphatic rings. The van der Waals surface area contributed by atoms with E-state index >= 15 is 0 Å². The van der Waals surface area contributed by atoms with E-state index in [0.717, 1.165) is 24.2 Å². The zero-order chi connectivity index (χ0) is 14.7. The Kier molecular flexibility index (Phi) is 3.99. The second-order valence-electron chi connectivity index (χ2n) is 5.39. The van der Waals surface area contributed by atoms with Gasteiger partial charge in [0, 0.05) is 25.2 Å². The summed E-state index contributed by atoms with van der Waals surface area (Å²) >= 11 is 0. The van der Waals surface area contributed by atoms with Crippen LogP contribution in [-0.2, 0) is 11.2 Å². The Morgan fingerprint density at radius 2 is 2.14 bits per heavy atom. The van der Waals surface area contributed by atoms with Gasteiger partial charge in [-0.1, -0.05) is 17.3 Å². The van der Waals surface area contributed by atoms with E-state index in [2.05, 4.69) is 10.1 Å². The van der Waals surface area contributed by atoms with Crippen LogP contribution in [0.2, 0.25) is 0 Å². The predicted octanol–water partition coefficient (Wildman–Crippen LogP) is 2.90. The van der Waals surface area contributed by atoms with Crippen LogP contribution >= 0.6 is 0 Å². The second kappa shape index (κ2) is 6.08. The molecule has 110 valence electrons. The van der Waals surface area contributed by atoms with Gasteiger partial charge in [-0.05, 0) is 30.5 Å². The van der Waals surface area contributed by atoms with Crippen molar-refractivity contribution in [3.8, 4) is 5.75 Å². The highest BCUT2D eigenvalue weighted by atomic mass is 16.5. The van der Waals surface area contributed by atoms with Gasteiger partial charge >= 0.3 is 0 Å². The summed E-state index contributed by atoms with van der Waals surface area (Å²) in [6, 6.07) is 7.83. The largest absolute Gasteiger partial charge is 0.497 e. The van der Waals surface area contributed by atoms with Crippen LogP contribution in [0, 0.1) is 0 Å². The first-order valence-corrected chi connectivity index (χ1v) is 7.21. The molecule has 0 bridgehead atoms. The second-order valence-corrected chi connectivity index (χ2v) is 5.39. The van der Waals surface area contributed by atoms with Crippen LogP contribution in [0.25, 0.3) is 0 Å². The highest BCUT2D eigenvalue weighted by Crippen LogP contribution is 2.30. The van der Waals surface area contributed by atoms with E-state index in [1.165, 1.54) is 0 Å². The van der Waals surface area contributed by atoms with Gasteiger partial charge in [-0.3, -0.25) is 4.79 Å². The Morgan fingerprint density at radius 3 is 2.90 bits per heavy atom. The lowest BCUT2D eigenvalue weighted by Crippen LogP contribution is -2.12. The number of ketones is 1. The molecule has 0 unspecified atom stereocenters. The van der Waals surface area contributed by atoms with Crippen LogP contribution in [0.5, 0.6) is 5.75 Å². The molecule has 1 saturated carbocycles. The lowest BCUT2D eigenvalue weighted by atomic mass is 9.88. The smallest absolute Gasteiger partial charge is 0.229 e. The molecule has 0 saturated heterocycles. The fourth-order valence-electron chi connectivity index (χ4n) is 2.66. The fraction of sp³-hybridized carbons (Fsp3) is 0.438. The summed E-state index contributed by atoms with van der Waals surface area (Å²) in [5.74, 6) is 2.73. The van der Waals surface area contributed by atoms with E-state index in [4.69, 9.17) is 9.26 Å². The molecule has 0 amide bonds. The number of benzene rings is 1. The average molecular weight is 286 g/mol. The number of carbonyl (C=O) groups excluding carboxylic acids is 1. The van der Waals surface area contributed by atoms with Gasteiger partial charge in [-0.15, -0.1) is 0 Å². The fourth-order valence-corrected chi connectivity index (χ4v) is 2.66. The van der Waals surface area contributed by atoms with E-state index in [0.29, 0.717) is 36.8 Å². The van der Waals surface area contributed by atoms with E-state index in [-0.39, 0.29) is 5.92 Å². The Hall–Kier alpha value is -2.17. The minimum Gasteiger partial charge on any atom is -0.497 e. The quantitative estimate of drug-likeness (QED) is 0.864. The van der Waals surface area contributed by atoms with Crippen molar-refractivity contribution in [3.05, 3.63) is 41.5 Å². The van der Waals surface area contributed by atoms with Gasteiger partial charge in [0.2, 0.25) is 5.89 Å². The first kappa shape index (κ1) is 13.8. The van der Waals surface area contributed by atoms with E-state index in [1.807, 2.05) is 24.3 Å². The summed E-state index contributed by atoms with van der Waals surface area (Å²) in [6.45, 7) is 0. The van der Waals surface area contributed by atoms with Crippen LogP contribution in [0.15, 0.2) is 28.8 Å². The van der Waals surface area contributed by atoms with Gasteiger partial charge in [0.05, 0.1) is 7.11 Å². The molecule has 0 N–H and O–H groups in total. The minimum atomic E-state index is 0.231. The zero-order valence-electron chi connectivity index (χ0n) is 12.0. The Labute approximate surface area is 123 Å². The molecule has 0 aliphatic heterocycles. The molecule has 21 heavy (non-hydrogen) atoms. The van der Waals surface area contributed by atoms with Crippen molar-refractivity contribution in [3.63, 3.8) is 0 Å². The molecular weight excluding hydrogens is 268 g/mol. The molecule has 0 radical (unpaired) electrons. The highest BCUT2D eigenvalue weighted by Gasteiger charge is 2.24. The molecule has 2 aromatic rings. The van der Waals surface area contributed by atoms with E-state index in [9.17, 15) is 4.79 Å². The molecule has 0 spiro atoms. The Balaban J connectivity index is 1.68. The number of rotatable bonds is 4. The summed E-state index contributed by atoms with van der Waals surface area (Å²) in [6.07, 6.45) is 3.50. The van der Waals surface area contributed by atoms with E-state index < -0.39 is 0 Å². The summed E-state index contributed by atoms with van der Waals surface area (Å²) in [4.78, 5) is 15.7. The average Bonchev–Trinajstić information content (AvgIpc) is 2.96. The third-order valence-corrected chi connectivity index (χ3v) is 3.87. The number of carbonyl (C=O) groups is 1. The molecule has 5 heteroatoms. The number of Topliss-reactive ketones (excluding diaryl/α,β-unsaturated/α-hetero) is 1. The first-order chi connectivity index (χ1) is 10.2. The molecular formula is C16H18N2O3. The summed E-state index contributed by atoms with van der Waals surface area (Å²) in [7, 11) is 1.65. The molecule has 1 fully saturated rings. The van der Waals surface area contributed by atoms with Crippen molar-refractivity contribution in [2.75, 3.05) is 7.11 Å². The predicted molar refractivity (Wildman–Crippen MR) is 76.3 cm³/mol. The maximum Gasteiger partial charge on any atom is 0.229 e. The maximum atomic E-state index is 11.3. The van der Waals surface area contributed by atoms with Gasteiger partial charge in [-0.25, -0.2) is 0 Å². The number of hydrogen-bond donors (Lipinski definition) is 0. The van der Waals surface area contributed by atoms with Crippen LogP contribution in [0.4, 0.5) is 0 Å². The van der Waals surface area contributed by atoms with Gasteiger partial charge < -0.3 is 9.26 Å². The number of methoxy groups -OCH3 is 1. The van der Waals surface area contributed by atoms with E-state index in [1.54, 1.807) is 7.11 Å². The third kappa shape index (κ3) is 3.29. The topological polar surface area (TPSA) is 65.2 Å². The van der Waals surface area contributed by atoms with Crippen molar-refractivity contribution in [2.24, 2.45) is 0 Å². The van der Waals surface area contributed by atoms with Crippen molar-refractivity contribution in [1.29, 1.82) is 0 Å². The lowest BCUT2D eigenvalue weighted by molar-refractivity contribution is -0.120. The van der Waals surface area contributed by atoms with Crippen LogP contribution in [0.3, 0.4) is 0 Å². The monoisotopic (exact) mass is 286 g/mol. The third-order valence-electron chi connectivity index (χ3n) is 3.87. The van der Waals surface area contributed by atoms with Crippen molar-refractivity contribution >= 4 is 5.78 Å². The lowest BCUT2D eigenvalue weighted by Gasteiger charge is -2.16. The van der Waals surface area contributed by atoms with Crippen molar-refractivity contribution in [2.45, 2.75) is 38.0 Å². The zero-order valence-corrected chi connectivity index (χ0v) is 12.0. The van der Waals surface area contributed by atoms with Gasteiger partial charge in [0.25, 0.3) is 0 Å². The normalized spacial score (nSPS) is 16.1. The number of nitrogens with zero attached hydrogens (tertiary/aromatic N) is 2. The summed E-state index contributed by atoms with van der Waals surface area (Å²) in [5, 5.41) is 4.05. The van der Waals surface area contributed by atoms with Gasteiger partial charge in [0.15, 0.2) is 5.82 Å². The highest BCUT2D eigenvalue weighted by molar-refractivity contribution is 5.79. The SMILES string of the molecule is COc1cccc(Cc2noc(C3CCC(=O)CC3)n2)c1. The molecule has 1 aliphatic carbocycles. The van der Waals surface area contributed by atoms with Crippen LogP contribution in [-0.4, -0.2) is 23.0 Å². The van der Waals surface area contributed by atoms with Crippen molar-refractivity contribution in [1.82, 2.24) is 10.1 Å². The Bertz CT molecular complexity index is 626. The summed E-state index contributed by atoms with van der Waals surface area (Å²) < 4.78 is 10.6. The van der Waals surface area contributed by atoms with Crippen LogP contribution in [0.1, 0.15) is 48.9 Å². The number of hydrogen-bond acceptors (Lipinski definition) is 5. The van der Waals surface area contributed by atoms with Crippen molar-refractivity contribution < 1.29 is 14.1 Å². The minimum absolute atomic E-state index is 0.231. The standard InChI is InChI=1S/C16H18N2O3/c1-20-14-4-2-3-11(9-14)10-15-17-16(21-18-15)12-5-7-13(19)8-6-12/h2-4,9,12H,5-8,10H2,1H3. The molecule has 1 aromatic carbocycles. The molecule has 5 nitrogen and oxygen atoms in total. The molecule has 3 rings (SSSR count). The number of aromatic nitrogens is 2. The van der Waals surface area contributed by atoms with Gasteiger partial charge in [0.1, 0.15) is 11.5 Å². The molecule has 0 atom stereocenters. The maximum absolute atomic E-state index is 11.3. The number of ether oxygens (including phenoxy) is 1.